The molecule has 0 radical (unpaired) electrons. The maximum atomic E-state index is 12.5. The maximum absolute atomic E-state index is 12.5. The van der Waals surface area contributed by atoms with Crippen LogP contribution in [0.25, 0.3) is 5.52 Å². The number of aliphatic hydroxyl groups is 1. The summed E-state index contributed by atoms with van der Waals surface area (Å²) in [5, 5.41) is 15.6. The van der Waals surface area contributed by atoms with Crippen LogP contribution < -0.4 is 5.56 Å². The van der Waals surface area contributed by atoms with Gasteiger partial charge in [-0.2, -0.15) is 5.10 Å². The summed E-state index contributed by atoms with van der Waals surface area (Å²) in [7, 11) is 1.64. The van der Waals surface area contributed by atoms with Gasteiger partial charge < -0.3 is 14.4 Å². The number of hydrogen-bond acceptors (Lipinski definition) is 5. The summed E-state index contributed by atoms with van der Waals surface area (Å²) < 4.78 is 8.12. The van der Waals surface area contributed by atoms with Crippen molar-refractivity contribution in [1.29, 1.82) is 0 Å². The van der Waals surface area contributed by atoms with Crippen molar-refractivity contribution in [3.63, 3.8) is 0 Å². The molecule has 0 aromatic carbocycles. The third-order valence-electron chi connectivity index (χ3n) is 4.56. The molecule has 1 N–H and O–H groups in total. The molecule has 0 saturated heterocycles. The molecule has 1 unspecified atom stereocenters. The standard InChI is InChI=1S/C19H21N3O4/c1-5-26-18(24)16-12(2)17(22-14(16)7-6-9-20-22)19(3,25)13-8-10-21(4)15(23)11-13/h6-11,25H,5H2,1-4H3. The molecule has 136 valence electrons. The van der Waals surface area contributed by atoms with Gasteiger partial charge in [0, 0.05) is 25.5 Å². The Kier molecular flexibility index (Phi) is 4.41. The van der Waals surface area contributed by atoms with Crippen LogP contribution in [0.1, 0.15) is 41.0 Å². The Morgan fingerprint density at radius 3 is 2.77 bits per heavy atom. The quantitative estimate of drug-likeness (QED) is 0.721. The Labute approximate surface area is 150 Å². The zero-order valence-corrected chi connectivity index (χ0v) is 15.2. The van der Waals surface area contributed by atoms with Gasteiger partial charge in [0.05, 0.1) is 23.4 Å². The number of carbonyl (C=O) groups excluding carboxylic acids is 1. The minimum Gasteiger partial charge on any atom is -0.462 e. The van der Waals surface area contributed by atoms with Crippen molar-refractivity contribution in [2.24, 2.45) is 7.05 Å². The topological polar surface area (TPSA) is 85.8 Å². The first-order valence-electron chi connectivity index (χ1n) is 8.32. The number of aryl methyl sites for hydroxylation is 1. The lowest BCUT2D eigenvalue weighted by molar-refractivity contribution is 0.0527. The van der Waals surface area contributed by atoms with E-state index >= 15 is 0 Å². The molecule has 0 fully saturated rings. The summed E-state index contributed by atoms with van der Waals surface area (Å²) in [6, 6.07) is 6.52. The van der Waals surface area contributed by atoms with Crippen molar-refractivity contribution >= 4 is 11.5 Å². The normalized spacial score (nSPS) is 13.6. The summed E-state index contributed by atoms with van der Waals surface area (Å²) in [5.41, 5.74) is 0.544. The van der Waals surface area contributed by atoms with Crippen molar-refractivity contribution in [3.8, 4) is 0 Å². The van der Waals surface area contributed by atoms with Gasteiger partial charge in [-0.25, -0.2) is 9.31 Å². The predicted molar refractivity (Wildman–Crippen MR) is 96.2 cm³/mol. The Bertz CT molecular complexity index is 1050. The van der Waals surface area contributed by atoms with Crippen molar-refractivity contribution in [3.05, 3.63) is 69.4 Å². The van der Waals surface area contributed by atoms with Gasteiger partial charge in [0.2, 0.25) is 0 Å². The van der Waals surface area contributed by atoms with E-state index in [0.717, 1.165) is 0 Å². The van der Waals surface area contributed by atoms with Gasteiger partial charge in [0.1, 0.15) is 5.60 Å². The molecule has 0 spiro atoms. The number of ether oxygens (including phenoxy) is 1. The van der Waals surface area contributed by atoms with Gasteiger partial charge in [-0.1, -0.05) is 0 Å². The number of nitrogens with zero attached hydrogens (tertiary/aromatic N) is 3. The average molecular weight is 355 g/mol. The van der Waals surface area contributed by atoms with Crippen LogP contribution in [-0.2, 0) is 17.4 Å². The monoisotopic (exact) mass is 355 g/mol. The van der Waals surface area contributed by atoms with E-state index in [-0.39, 0.29) is 12.2 Å². The Morgan fingerprint density at radius 2 is 2.12 bits per heavy atom. The lowest BCUT2D eigenvalue weighted by Gasteiger charge is -2.24. The Hall–Kier alpha value is -2.93. The van der Waals surface area contributed by atoms with Gasteiger partial charge in [0.25, 0.3) is 5.56 Å². The van der Waals surface area contributed by atoms with Gasteiger partial charge in [-0.05, 0) is 50.1 Å². The van der Waals surface area contributed by atoms with Gasteiger partial charge in [-0.15, -0.1) is 0 Å². The number of aromatic nitrogens is 3. The molecule has 3 aromatic rings. The van der Waals surface area contributed by atoms with Crippen LogP contribution >= 0.6 is 0 Å². The van der Waals surface area contributed by atoms with E-state index in [2.05, 4.69) is 5.10 Å². The van der Waals surface area contributed by atoms with Crippen LogP contribution in [0.15, 0.2) is 41.5 Å². The van der Waals surface area contributed by atoms with Crippen molar-refractivity contribution in [2.45, 2.75) is 26.4 Å². The highest BCUT2D eigenvalue weighted by molar-refractivity contribution is 5.99. The SMILES string of the molecule is CCOC(=O)c1c(C)c(C(C)(O)c2ccn(C)c(=O)c2)n2ncccc12. The maximum Gasteiger partial charge on any atom is 0.340 e. The summed E-state index contributed by atoms with van der Waals surface area (Å²) in [6.07, 6.45) is 3.17. The number of fused-ring (bicyclic) bond motifs is 1. The minimum atomic E-state index is -1.53. The molecule has 3 rings (SSSR count). The number of rotatable bonds is 4. The highest BCUT2D eigenvalue weighted by Gasteiger charge is 2.35. The first kappa shape index (κ1) is 17.9. The lowest BCUT2D eigenvalue weighted by Crippen LogP contribution is -2.29. The average Bonchev–Trinajstić information content (AvgIpc) is 2.89. The zero-order valence-electron chi connectivity index (χ0n) is 15.2. The van der Waals surface area contributed by atoms with E-state index in [1.165, 1.54) is 15.1 Å². The smallest absolute Gasteiger partial charge is 0.340 e. The molecule has 0 amide bonds. The zero-order chi connectivity index (χ0) is 19.1. The Morgan fingerprint density at radius 1 is 1.38 bits per heavy atom. The molecular weight excluding hydrogens is 334 g/mol. The van der Waals surface area contributed by atoms with Gasteiger partial charge in [-0.3, -0.25) is 4.79 Å². The fraction of sp³-hybridized carbons (Fsp3) is 0.316. The fourth-order valence-electron chi connectivity index (χ4n) is 3.23. The number of esters is 1. The van der Waals surface area contributed by atoms with Crippen LogP contribution in [0.2, 0.25) is 0 Å². The van der Waals surface area contributed by atoms with Crippen LogP contribution in [-0.4, -0.2) is 31.9 Å². The third kappa shape index (κ3) is 2.70. The molecule has 0 aliphatic carbocycles. The van der Waals surface area contributed by atoms with E-state index < -0.39 is 11.6 Å². The molecule has 3 aromatic heterocycles. The second-order valence-electron chi connectivity index (χ2n) is 6.33. The van der Waals surface area contributed by atoms with Crippen LogP contribution in [0.5, 0.6) is 0 Å². The number of pyridine rings is 1. The lowest BCUT2D eigenvalue weighted by atomic mass is 9.90. The van der Waals surface area contributed by atoms with E-state index in [1.54, 1.807) is 58.4 Å². The van der Waals surface area contributed by atoms with Crippen molar-refractivity contribution in [1.82, 2.24) is 14.2 Å². The molecule has 0 aliphatic rings. The highest BCUT2D eigenvalue weighted by Crippen LogP contribution is 2.35. The second kappa shape index (κ2) is 6.42. The molecule has 1 atom stereocenters. The molecule has 3 heterocycles. The minimum absolute atomic E-state index is 0.236. The molecule has 0 aliphatic heterocycles. The van der Waals surface area contributed by atoms with Crippen LogP contribution in [0.3, 0.4) is 0 Å². The van der Waals surface area contributed by atoms with Crippen LogP contribution in [0, 0.1) is 6.92 Å². The molecule has 7 nitrogen and oxygen atoms in total. The predicted octanol–water partition coefficient (Wildman–Crippen LogP) is 1.77. The fourth-order valence-corrected chi connectivity index (χ4v) is 3.23. The van der Waals surface area contributed by atoms with E-state index in [1.807, 2.05) is 0 Å². The number of carbonyl (C=O) groups is 1. The molecule has 0 bridgehead atoms. The summed E-state index contributed by atoms with van der Waals surface area (Å²) in [5.74, 6) is -0.471. The van der Waals surface area contributed by atoms with E-state index in [9.17, 15) is 14.7 Å². The third-order valence-corrected chi connectivity index (χ3v) is 4.56. The molecule has 7 heteroatoms. The highest BCUT2D eigenvalue weighted by atomic mass is 16.5. The Balaban J connectivity index is 2.30. The van der Waals surface area contributed by atoms with Crippen LogP contribution in [0.4, 0.5) is 0 Å². The molecular formula is C19H21N3O4. The van der Waals surface area contributed by atoms with Gasteiger partial charge >= 0.3 is 5.97 Å². The number of hydrogen-bond donors (Lipinski definition) is 1. The largest absolute Gasteiger partial charge is 0.462 e. The first-order chi connectivity index (χ1) is 12.3. The van der Waals surface area contributed by atoms with E-state index in [4.69, 9.17) is 4.74 Å². The van der Waals surface area contributed by atoms with Gasteiger partial charge in [0.15, 0.2) is 0 Å². The molecule has 0 saturated carbocycles. The first-order valence-corrected chi connectivity index (χ1v) is 8.32. The summed E-state index contributed by atoms with van der Waals surface area (Å²) in [4.78, 5) is 24.5. The van der Waals surface area contributed by atoms with Crippen molar-refractivity contribution < 1.29 is 14.6 Å². The van der Waals surface area contributed by atoms with Crippen molar-refractivity contribution in [2.75, 3.05) is 6.61 Å². The van der Waals surface area contributed by atoms with E-state index in [0.29, 0.717) is 27.9 Å². The molecule has 26 heavy (non-hydrogen) atoms. The summed E-state index contributed by atoms with van der Waals surface area (Å²) in [6.45, 7) is 5.31. The second-order valence-corrected chi connectivity index (χ2v) is 6.33. The summed E-state index contributed by atoms with van der Waals surface area (Å²) >= 11 is 0.